The van der Waals surface area contributed by atoms with E-state index in [4.69, 9.17) is 10.5 Å². The minimum Gasteiger partial charge on any atom is -0.385 e. The van der Waals surface area contributed by atoms with Gasteiger partial charge in [-0.25, -0.2) is 0 Å². The van der Waals surface area contributed by atoms with Crippen molar-refractivity contribution in [2.24, 2.45) is 5.73 Å². The van der Waals surface area contributed by atoms with Crippen molar-refractivity contribution < 1.29 is 9.53 Å². The van der Waals surface area contributed by atoms with E-state index in [1.54, 1.807) is 19.2 Å². The third-order valence-corrected chi connectivity index (χ3v) is 2.76. The second kappa shape index (κ2) is 5.68. The quantitative estimate of drug-likeness (QED) is 0.794. The van der Waals surface area contributed by atoms with E-state index in [2.05, 4.69) is 5.32 Å². The fourth-order valence-corrected chi connectivity index (χ4v) is 1.39. The third kappa shape index (κ3) is 4.44. The molecule has 0 spiro atoms. The summed E-state index contributed by atoms with van der Waals surface area (Å²) in [6, 6.07) is 7.17. The molecule has 0 aliphatic rings. The van der Waals surface area contributed by atoms with E-state index in [1.165, 1.54) is 0 Å². The normalized spacial score (nSPS) is 11.2. The second-order valence-electron chi connectivity index (χ2n) is 4.59. The average molecular weight is 236 g/mol. The maximum Gasteiger partial charge on any atom is 0.248 e. The Bertz CT molecular complexity index is 389. The fourth-order valence-electron chi connectivity index (χ4n) is 1.39. The number of carbonyl (C=O) groups excluding carboxylic acids is 1. The lowest BCUT2D eigenvalue weighted by Crippen LogP contribution is -2.25. The highest BCUT2D eigenvalue weighted by atomic mass is 16.5. The van der Waals surface area contributed by atoms with Gasteiger partial charge in [-0.15, -0.1) is 0 Å². The molecule has 0 bridgehead atoms. The molecule has 0 aliphatic carbocycles. The number of ether oxygens (including phenoxy) is 1. The van der Waals surface area contributed by atoms with Gasteiger partial charge in [0.25, 0.3) is 0 Å². The maximum atomic E-state index is 11.0. The number of carbonyl (C=O) groups is 1. The molecule has 0 unspecified atom stereocenters. The van der Waals surface area contributed by atoms with Gasteiger partial charge in [0, 0.05) is 24.9 Å². The predicted molar refractivity (Wildman–Crippen MR) is 69.2 cm³/mol. The van der Waals surface area contributed by atoms with E-state index < -0.39 is 5.91 Å². The summed E-state index contributed by atoms with van der Waals surface area (Å²) in [5, 5.41) is 3.24. The Morgan fingerprint density at radius 1 is 1.47 bits per heavy atom. The Hall–Kier alpha value is -1.55. The summed E-state index contributed by atoms with van der Waals surface area (Å²) in [6.45, 7) is 4.85. The molecule has 4 nitrogen and oxygen atoms in total. The van der Waals surface area contributed by atoms with Crippen molar-refractivity contribution in [2.45, 2.75) is 25.9 Å². The number of anilines is 1. The number of methoxy groups -OCH3 is 1. The molecule has 0 atom stereocenters. The molecule has 0 heterocycles. The molecular weight excluding hydrogens is 216 g/mol. The third-order valence-electron chi connectivity index (χ3n) is 2.76. The molecule has 0 aliphatic heterocycles. The lowest BCUT2D eigenvalue weighted by Gasteiger charge is -2.23. The van der Waals surface area contributed by atoms with E-state index in [9.17, 15) is 4.79 Å². The molecule has 0 saturated heterocycles. The molecule has 0 saturated carbocycles. The van der Waals surface area contributed by atoms with Crippen LogP contribution in [0.1, 0.15) is 30.6 Å². The standard InChI is InChI=1S/C13H20N2O2/c1-13(2,17-3)7-8-15-11-6-4-5-10(9-11)12(14)16/h4-6,9,15H,7-8H2,1-3H3,(H2,14,16). The van der Waals surface area contributed by atoms with Crippen LogP contribution in [0.3, 0.4) is 0 Å². The van der Waals surface area contributed by atoms with Crippen LogP contribution in [0.15, 0.2) is 24.3 Å². The molecule has 1 aromatic carbocycles. The number of nitrogens with two attached hydrogens (primary N) is 1. The van der Waals surface area contributed by atoms with Crippen molar-refractivity contribution in [3.8, 4) is 0 Å². The van der Waals surface area contributed by atoms with Crippen LogP contribution < -0.4 is 11.1 Å². The molecular formula is C13H20N2O2. The number of amides is 1. The summed E-state index contributed by atoms with van der Waals surface area (Å²) in [5.41, 5.74) is 6.48. The molecule has 1 rings (SSSR count). The molecule has 1 amide bonds. The van der Waals surface area contributed by atoms with Gasteiger partial charge in [0.2, 0.25) is 5.91 Å². The first kappa shape index (κ1) is 13.5. The van der Waals surface area contributed by atoms with Crippen LogP contribution in [-0.4, -0.2) is 25.2 Å². The molecule has 4 heteroatoms. The molecule has 0 fully saturated rings. The van der Waals surface area contributed by atoms with Crippen LogP contribution in [-0.2, 0) is 4.74 Å². The maximum absolute atomic E-state index is 11.0. The monoisotopic (exact) mass is 236 g/mol. The Morgan fingerprint density at radius 3 is 2.76 bits per heavy atom. The number of rotatable bonds is 6. The first-order valence-corrected chi connectivity index (χ1v) is 5.63. The van der Waals surface area contributed by atoms with Crippen molar-refractivity contribution >= 4 is 11.6 Å². The predicted octanol–water partition coefficient (Wildman–Crippen LogP) is 2.01. The first-order chi connectivity index (χ1) is 7.94. The fraction of sp³-hybridized carbons (Fsp3) is 0.462. The van der Waals surface area contributed by atoms with E-state index in [0.29, 0.717) is 5.56 Å². The van der Waals surface area contributed by atoms with Crippen LogP contribution in [0, 0.1) is 0 Å². The molecule has 94 valence electrons. The number of benzene rings is 1. The highest BCUT2D eigenvalue weighted by Gasteiger charge is 2.15. The van der Waals surface area contributed by atoms with Gasteiger partial charge in [-0.05, 0) is 38.5 Å². The van der Waals surface area contributed by atoms with Gasteiger partial charge >= 0.3 is 0 Å². The van der Waals surface area contributed by atoms with Gasteiger partial charge in [-0.3, -0.25) is 4.79 Å². The minimum atomic E-state index is -0.411. The number of hydrogen-bond donors (Lipinski definition) is 2. The smallest absolute Gasteiger partial charge is 0.248 e. The van der Waals surface area contributed by atoms with Crippen molar-refractivity contribution in [1.29, 1.82) is 0 Å². The van der Waals surface area contributed by atoms with Crippen molar-refractivity contribution in [1.82, 2.24) is 0 Å². The summed E-state index contributed by atoms with van der Waals surface area (Å²) >= 11 is 0. The number of nitrogens with one attached hydrogen (secondary N) is 1. The Kier molecular flexibility index (Phi) is 4.52. The van der Waals surface area contributed by atoms with Crippen LogP contribution in [0.2, 0.25) is 0 Å². The molecule has 3 N–H and O–H groups in total. The zero-order valence-corrected chi connectivity index (χ0v) is 10.6. The summed E-state index contributed by atoms with van der Waals surface area (Å²) in [5.74, 6) is -0.411. The minimum absolute atomic E-state index is 0.145. The Balaban J connectivity index is 2.52. The van der Waals surface area contributed by atoms with Crippen LogP contribution >= 0.6 is 0 Å². The Labute approximate surface area is 102 Å². The topological polar surface area (TPSA) is 64.3 Å². The summed E-state index contributed by atoms with van der Waals surface area (Å²) in [6.07, 6.45) is 0.879. The summed E-state index contributed by atoms with van der Waals surface area (Å²) < 4.78 is 5.32. The van der Waals surface area contributed by atoms with Crippen molar-refractivity contribution in [3.05, 3.63) is 29.8 Å². The van der Waals surface area contributed by atoms with E-state index in [1.807, 2.05) is 26.0 Å². The van der Waals surface area contributed by atoms with Crippen LogP contribution in [0.4, 0.5) is 5.69 Å². The van der Waals surface area contributed by atoms with E-state index in [0.717, 1.165) is 18.7 Å². The van der Waals surface area contributed by atoms with Crippen LogP contribution in [0.25, 0.3) is 0 Å². The average Bonchev–Trinajstić information content (AvgIpc) is 2.29. The van der Waals surface area contributed by atoms with Gasteiger partial charge in [0.15, 0.2) is 0 Å². The molecule has 17 heavy (non-hydrogen) atoms. The largest absolute Gasteiger partial charge is 0.385 e. The lowest BCUT2D eigenvalue weighted by atomic mass is 10.1. The number of hydrogen-bond acceptors (Lipinski definition) is 3. The van der Waals surface area contributed by atoms with Gasteiger partial charge in [-0.1, -0.05) is 6.07 Å². The highest BCUT2D eigenvalue weighted by Crippen LogP contribution is 2.14. The zero-order valence-electron chi connectivity index (χ0n) is 10.6. The van der Waals surface area contributed by atoms with Crippen LogP contribution in [0.5, 0.6) is 0 Å². The second-order valence-corrected chi connectivity index (χ2v) is 4.59. The van der Waals surface area contributed by atoms with Gasteiger partial charge in [-0.2, -0.15) is 0 Å². The zero-order chi connectivity index (χ0) is 12.9. The molecule has 0 aromatic heterocycles. The number of primary amides is 1. The summed E-state index contributed by atoms with van der Waals surface area (Å²) in [4.78, 5) is 11.0. The van der Waals surface area contributed by atoms with E-state index >= 15 is 0 Å². The lowest BCUT2D eigenvalue weighted by molar-refractivity contribution is 0.0185. The van der Waals surface area contributed by atoms with E-state index in [-0.39, 0.29) is 5.60 Å². The van der Waals surface area contributed by atoms with Gasteiger partial charge in [0.05, 0.1) is 5.60 Å². The Morgan fingerprint density at radius 2 is 2.18 bits per heavy atom. The molecule has 1 aromatic rings. The highest BCUT2D eigenvalue weighted by molar-refractivity contribution is 5.93. The summed E-state index contributed by atoms with van der Waals surface area (Å²) in [7, 11) is 1.70. The van der Waals surface area contributed by atoms with Gasteiger partial charge < -0.3 is 15.8 Å². The van der Waals surface area contributed by atoms with Crippen molar-refractivity contribution in [3.63, 3.8) is 0 Å². The van der Waals surface area contributed by atoms with Gasteiger partial charge in [0.1, 0.15) is 0 Å². The van der Waals surface area contributed by atoms with Crippen molar-refractivity contribution in [2.75, 3.05) is 19.0 Å². The SMILES string of the molecule is COC(C)(C)CCNc1cccc(C(N)=O)c1. The first-order valence-electron chi connectivity index (χ1n) is 5.63. The molecule has 0 radical (unpaired) electrons.